The van der Waals surface area contributed by atoms with Gasteiger partial charge in [-0.05, 0) is 55.5 Å². The Balaban J connectivity index is 0.905. The number of methoxy groups -OCH3 is 2. The highest BCUT2D eigenvalue weighted by Crippen LogP contribution is 2.44. The lowest BCUT2D eigenvalue weighted by Crippen LogP contribution is -2.49. The Hall–Kier alpha value is -6.11. The summed E-state index contributed by atoms with van der Waals surface area (Å²) in [5.74, 6) is 0.227. The molecule has 3 fully saturated rings. The molecule has 0 atom stereocenters. The largest absolute Gasteiger partial charge is 0.496 e. The topological polar surface area (TPSA) is 174 Å². The molecule has 60 heavy (non-hydrogen) atoms. The number of ether oxygens (including phenoxy) is 2. The molecule has 3 amide bonds. The monoisotopic (exact) mass is 832 g/mol. The number of piperidine rings is 2. The average Bonchev–Trinajstić information content (AvgIpc) is 3.88. The van der Waals surface area contributed by atoms with Gasteiger partial charge >= 0.3 is 6.18 Å². The zero-order valence-electron chi connectivity index (χ0n) is 33.8. The maximum atomic E-state index is 14.8. The van der Waals surface area contributed by atoms with Crippen LogP contribution in [0.5, 0.6) is 11.5 Å². The molecule has 318 valence electrons. The number of hydrogen-bond donors (Lipinski definition) is 3. The van der Waals surface area contributed by atoms with Crippen molar-refractivity contribution in [1.29, 1.82) is 0 Å². The number of aromatic amines is 2. The third-order valence-corrected chi connectivity index (χ3v) is 12.3. The number of nitrogens with zero attached hydrogens (tertiary/aromatic N) is 7. The zero-order chi connectivity index (χ0) is 42.5. The number of alkyl halides is 3. The third-order valence-electron chi connectivity index (χ3n) is 12.3. The van der Waals surface area contributed by atoms with E-state index in [-0.39, 0.29) is 84.3 Å². The molecule has 3 aliphatic heterocycles. The normalized spacial score (nSPS) is 17.6. The van der Waals surface area contributed by atoms with Crippen LogP contribution in [0.25, 0.3) is 32.9 Å². The van der Waals surface area contributed by atoms with Crippen molar-refractivity contribution in [3.63, 3.8) is 0 Å². The number of halogens is 3. The molecule has 3 aliphatic rings. The summed E-state index contributed by atoms with van der Waals surface area (Å²) in [4.78, 5) is 58.1. The zero-order valence-corrected chi connectivity index (χ0v) is 33.8. The predicted molar refractivity (Wildman–Crippen MR) is 217 cm³/mol. The minimum Gasteiger partial charge on any atom is -0.496 e. The van der Waals surface area contributed by atoms with Crippen LogP contribution in [0, 0.1) is 5.92 Å². The molecule has 6 heterocycles. The molecule has 3 aromatic heterocycles. The molecule has 0 radical (unpaired) electrons. The van der Waals surface area contributed by atoms with E-state index in [0.29, 0.717) is 41.8 Å². The van der Waals surface area contributed by atoms with E-state index in [1.54, 1.807) is 38.6 Å². The van der Waals surface area contributed by atoms with Crippen LogP contribution in [0.2, 0.25) is 0 Å². The molecular weight excluding hydrogens is 786 g/mol. The number of pyridine rings is 1. The fourth-order valence-corrected chi connectivity index (χ4v) is 8.94. The van der Waals surface area contributed by atoms with Crippen molar-refractivity contribution in [2.75, 3.05) is 70.3 Å². The highest BCUT2D eigenvalue weighted by molar-refractivity contribution is 6.06. The van der Waals surface area contributed by atoms with Gasteiger partial charge in [-0.25, -0.2) is 0 Å². The van der Waals surface area contributed by atoms with Gasteiger partial charge in [0, 0.05) is 94.3 Å². The number of aryl methyl sites for hydroxylation is 1. The number of carbonyl (C=O) groups is 3. The molecule has 0 aliphatic carbocycles. The number of rotatable bonds is 9. The highest BCUT2D eigenvalue weighted by atomic mass is 19.4. The molecule has 3 N–H and O–H groups in total. The highest BCUT2D eigenvalue weighted by Gasteiger charge is 2.41. The number of carbonyl (C=O) groups excluding carboxylic acids is 3. The van der Waals surface area contributed by atoms with Gasteiger partial charge in [-0.2, -0.15) is 23.4 Å². The molecule has 0 bridgehead atoms. The van der Waals surface area contributed by atoms with Gasteiger partial charge in [0.2, 0.25) is 17.7 Å². The van der Waals surface area contributed by atoms with Crippen LogP contribution in [0.4, 0.5) is 24.7 Å². The number of fused-ring (bicyclic) bond motifs is 2. The van der Waals surface area contributed by atoms with E-state index in [4.69, 9.17) is 9.47 Å². The predicted octanol–water partition coefficient (Wildman–Crippen LogP) is 4.03. The van der Waals surface area contributed by atoms with Gasteiger partial charge in [0.15, 0.2) is 5.82 Å². The Morgan fingerprint density at radius 1 is 0.933 bits per heavy atom. The Morgan fingerprint density at radius 2 is 1.63 bits per heavy atom. The second-order valence-corrected chi connectivity index (χ2v) is 15.7. The molecule has 16 nitrogen and oxygen atoms in total. The van der Waals surface area contributed by atoms with Crippen LogP contribution in [0.15, 0.2) is 41.5 Å². The van der Waals surface area contributed by atoms with Gasteiger partial charge in [0.25, 0.3) is 5.56 Å². The summed E-state index contributed by atoms with van der Waals surface area (Å²) in [5, 5.41) is 16.8. The molecule has 0 spiro atoms. The van der Waals surface area contributed by atoms with E-state index in [9.17, 15) is 32.3 Å². The summed E-state index contributed by atoms with van der Waals surface area (Å²) in [5.41, 5.74) is 1.61. The number of H-pyrrole nitrogens is 2. The standard InChI is InChI=1S/C41H47F3N10O6/c1-50-21-28(27-19-46-47-37(27)40(50)58)24-17-31(59-3)29(32(18-24)60-4)22-52-12-9-25(10-13-52)51(2)39(57)23-7-14-53(15-8-23)30-6-5-26-36(35(30)41(42,43)44)48-49-38(26)54-16-11-33(55)45-20-34(54)56/h5-6,17-19,21,23,25H,7-16,20,22H2,1-4H3,(H,45,55)(H,46,47)(H,48,49). The van der Waals surface area contributed by atoms with E-state index in [1.807, 2.05) is 24.1 Å². The lowest BCUT2D eigenvalue weighted by molar-refractivity contribution is -0.138. The van der Waals surface area contributed by atoms with E-state index in [0.717, 1.165) is 42.6 Å². The number of benzene rings is 2. The Kier molecular flexibility index (Phi) is 10.9. The second kappa shape index (κ2) is 16.2. The van der Waals surface area contributed by atoms with Crippen molar-refractivity contribution in [2.45, 2.75) is 50.9 Å². The summed E-state index contributed by atoms with van der Waals surface area (Å²) in [7, 11) is 6.74. The number of likely N-dealkylation sites (tertiary alicyclic amines) is 1. The van der Waals surface area contributed by atoms with Gasteiger partial charge in [-0.1, -0.05) is 0 Å². The lowest BCUT2D eigenvalue weighted by atomic mass is 9.92. The van der Waals surface area contributed by atoms with Gasteiger partial charge in [0.05, 0.1) is 43.7 Å². The van der Waals surface area contributed by atoms with Crippen LogP contribution in [0.1, 0.15) is 43.2 Å². The molecule has 19 heteroatoms. The number of hydrogen-bond acceptors (Lipinski definition) is 10. The Labute approximate surface area is 342 Å². The fraction of sp³-hybridized carbons (Fsp3) is 0.463. The van der Waals surface area contributed by atoms with Crippen LogP contribution >= 0.6 is 0 Å². The summed E-state index contributed by atoms with van der Waals surface area (Å²) < 4.78 is 57.5. The first-order valence-corrected chi connectivity index (χ1v) is 19.9. The summed E-state index contributed by atoms with van der Waals surface area (Å²) in [6.07, 6.45) is 0.964. The second-order valence-electron chi connectivity index (χ2n) is 15.7. The van der Waals surface area contributed by atoms with Crippen LogP contribution < -0.4 is 30.1 Å². The van der Waals surface area contributed by atoms with Gasteiger partial charge in [0.1, 0.15) is 22.6 Å². The molecule has 2 aromatic carbocycles. The van der Waals surface area contributed by atoms with Crippen molar-refractivity contribution in [1.82, 2.24) is 40.1 Å². The maximum Gasteiger partial charge on any atom is 0.420 e. The van der Waals surface area contributed by atoms with Crippen LogP contribution in [-0.2, 0) is 34.2 Å². The van der Waals surface area contributed by atoms with Crippen molar-refractivity contribution in [2.24, 2.45) is 13.0 Å². The van der Waals surface area contributed by atoms with Gasteiger partial charge in [-0.15, -0.1) is 0 Å². The quantitative estimate of drug-likeness (QED) is 0.197. The first-order chi connectivity index (χ1) is 28.8. The van der Waals surface area contributed by atoms with Crippen molar-refractivity contribution < 1.29 is 37.0 Å². The lowest BCUT2D eigenvalue weighted by Gasteiger charge is -2.40. The molecule has 5 aromatic rings. The Bertz CT molecular complexity index is 2490. The van der Waals surface area contributed by atoms with Crippen molar-refractivity contribution in [3.8, 4) is 22.6 Å². The van der Waals surface area contributed by atoms with E-state index >= 15 is 0 Å². The number of amides is 3. The average molecular weight is 833 g/mol. The maximum absolute atomic E-state index is 14.8. The molecule has 0 unspecified atom stereocenters. The number of nitrogens with one attached hydrogen (secondary N) is 3. The first kappa shape index (κ1) is 40.7. The van der Waals surface area contributed by atoms with Crippen LogP contribution in [0.3, 0.4) is 0 Å². The van der Waals surface area contributed by atoms with E-state index in [1.165, 1.54) is 21.6 Å². The SMILES string of the molecule is COc1cc(-c2cn(C)c(=O)c3[nH]ncc23)cc(OC)c1CN1CCC(N(C)C(=O)C2CCN(c3ccc4c(N5CCC(=O)NCC5=O)n[nH]c4c3C(F)(F)F)CC2)CC1. The number of aromatic nitrogens is 5. The van der Waals surface area contributed by atoms with Gasteiger partial charge < -0.3 is 29.2 Å². The minimum atomic E-state index is -4.74. The molecule has 8 rings (SSSR count). The molecule has 0 saturated carbocycles. The summed E-state index contributed by atoms with van der Waals surface area (Å²) in [6.45, 7) is 2.26. The minimum absolute atomic E-state index is 0.0000320. The molecule has 3 saturated heterocycles. The van der Waals surface area contributed by atoms with Crippen LogP contribution in [-0.4, -0.2) is 119 Å². The van der Waals surface area contributed by atoms with E-state index < -0.39 is 17.6 Å². The summed E-state index contributed by atoms with van der Waals surface area (Å²) in [6, 6.07) is 6.82. The first-order valence-electron chi connectivity index (χ1n) is 19.9. The summed E-state index contributed by atoms with van der Waals surface area (Å²) >= 11 is 0. The number of anilines is 2. The van der Waals surface area contributed by atoms with Gasteiger partial charge in [-0.3, -0.25) is 39.2 Å². The fourth-order valence-electron chi connectivity index (χ4n) is 8.94. The Morgan fingerprint density at radius 3 is 2.30 bits per heavy atom. The molecular formula is C41H47F3N10O6. The van der Waals surface area contributed by atoms with E-state index in [2.05, 4.69) is 30.6 Å². The van der Waals surface area contributed by atoms with Crippen molar-refractivity contribution >= 4 is 51.0 Å². The third kappa shape index (κ3) is 7.50. The van der Waals surface area contributed by atoms with Crippen molar-refractivity contribution in [3.05, 3.63) is 58.1 Å². The smallest absolute Gasteiger partial charge is 0.420 e.